The van der Waals surface area contributed by atoms with Gasteiger partial charge in [-0.2, -0.15) is 18.2 Å². The van der Waals surface area contributed by atoms with E-state index in [1.165, 1.54) is 18.6 Å². The molecular formula is C17H18ClF3N4. The van der Waals surface area contributed by atoms with E-state index < -0.39 is 11.7 Å². The molecule has 0 aliphatic carbocycles. The number of anilines is 3. The van der Waals surface area contributed by atoms with Crippen LogP contribution >= 0.6 is 11.6 Å². The molecule has 1 aromatic carbocycles. The molecule has 1 aliphatic heterocycles. The number of aromatic nitrogens is 2. The predicted molar refractivity (Wildman–Crippen MR) is 92.4 cm³/mol. The Bertz CT molecular complexity index is 751. The highest BCUT2D eigenvalue weighted by Gasteiger charge is 2.34. The molecule has 4 nitrogen and oxygen atoms in total. The quantitative estimate of drug-likeness (QED) is 0.813. The second-order valence-corrected chi connectivity index (χ2v) is 6.68. The number of nitrogens with zero attached hydrogens (tertiary/aromatic N) is 3. The monoisotopic (exact) mass is 370 g/mol. The predicted octanol–water partition coefficient (Wildman–Crippen LogP) is 5.13. The van der Waals surface area contributed by atoms with Crippen LogP contribution in [0.4, 0.5) is 30.6 Å². The van der Waals surface area contributed by atoms with Crippen molar-refractivity contribution in [3.05, 3.63) is 41.0 Å². The maximum absolute atomic E-state index is 13.2. The van der Waals surface area contributed by atoms with Crippen LogP contribution in [0.3, 0.4) is 0 Å². The van der Waals surface area contributed by atoms with Crippen molar-refractivity contribution in [3.63, 3.8) is 0 Å². The normalized spacial score (nSPS) is 18.3. The summed E-state index contributed by atoms with van der Waals surface area (Å²) in [6.45, 7) is 3.94. The summed E-state index contributed by atoms with van der Waals surface area (Å²) in [5, 5.41) is 2.69. The second-order valence-electron chi connectivity index (χ2n) is 6.24. The van der Waals surface area contributed by atoms with Gasteiger partial charge in [0.05, 0.1) is 11.3 Å². The van der Waals surface area contributed by atoms with Gasteiger partial charge in [-0.3, -0.25) is 0 Å². The lowest BCUT2D eigenvalue weighted by atomic mass is 10.0. The summed E-state index contributed by atoms with van der Waals surface area (Å²) >= 11 is 5.70. The molecule has 0 bridgehead atoms. The van der Waals surface area contributed by atoms with Gasteiger partial charge in [0, 0.05) is 24.3 Å². The molecule has 1 unspecified atom stereocenters. The largest absolute Gasteiger partial charge is 0.418 e. The Kier molecular flexibility index (Phi) is 5.03. The summed E-state index contributed by atoms with van der Waals surface area (Å²) in [7, 11) is 0. The lowest BCUT2D eigenvalue weighted by molar-refractivity contribution is -0.136. The minimum atomic E-state index is -4.52. The van der Waals surface area contributed by atoms with Crippen molar-refractivity contribution in [2.45, 2.75) is 25.9 Å². The van der Waals surface area contributed by atoms with Gasteiger partial charge in [-0.15, -0.1) is 0 Å². The van der Waals surface area contributed by atoms with Crippen LogP contribution < -0.4 is 10.2 Å². The van der Waals surface area contributed by atoms with Gasteiger partial charge >= 0.3 is 6.18 Å². The Morgan fingerprint density at radius 3 is 2.80 bits per heavy atom. The number of rotatable bonds is 3. The number of alkyl halides is 3. The molecule has 8 heteroatoms. The Morgan fingerprint density at radius 1 is 1.28 bits per heavy atom. The van der Waals surface area contributed by atoms with E-state index in [4.69, 9.17) is 11.6 Å². The van der Waals surface area contributed by atoms with Crippen LogP contribution in [0.2, 0.25) is 5.02 Å². The van der Waals surface area contributed by atoms with E-state index in [9.17, 15) is 13.2 Å². The molecule has 1 saturated heterocycles. The maximum atomic E-state index is 13.2. The average Bonchev–Trinajstić information content (AvgIpc) is 2.56. The van der Waals surface area contributed by atoms with Gasteiger partial charge in [-0.25, -0.2) is 4.98 Å². The maximum Gasteiger partial charge on any atom is 0.418 e. The highest BCUT2D eigenvalue weighted by Crippen LogP contribution is 2.37. The van der Waals surface area contributed by atoms with Crippen LogP contribution in [0, 0.1) is 5.92 Å². The lowest BCUT2D eigenvalue weighted by Gasteiger charge is -2.31. The fourth-order valence-corrected chi connectivity index (χ4v) is 3.14. The van der Waals surface area contributed by atoms with Gasteiger partial charge in [0.1, 0.15) is 5.82 Å². The van der Waals surface area contributed by atoms with E-state index >= 15 is 0 Å². The van der Waals surface area contributed by atoms with E-state index in [2.05, 4.69) is 27.1 Å². The third kappa shape index (κ3) is 4.34. The van der Waals surface area contributed by atoms with E-state index in [0.717, 1.165) is 25.6 Å². The molecule has 0 spiro atoms. The standard InChI is InChI=1S/C17H18ClF3N4/c1-11-3-2-8-25(10-11)15-6-7-22-16(24-15)23-14-5-4-12(18)9-13(14)17(19,20)21/h4-7,9,11H,2-3,8,10H2,1H3,(H,22,23,24). The van der Waals surface area contributed by atoms with E-state index in [1.807, 2.05) is 0 Å². The molecule has 1 aliphatic rings. The van der Waals surface area contributed by atoms with Crippen molar-refractivity contribution in [1.82, 2.24) is 9.97 Å². The van der Waals surface area contributed by atoms with E-state index in [1.54, 1.807) is 12.3 Å². The Balaban J connectivity index is 1.86. The summed E-state index contributed by atoms with van der Waals surface area (Å²) in [6.07, 6.45) is -0.726. The lowest BCUT2D eigenvalue weighted by Crippen LogP contribution is -2.34. The summed E-state index contributed by atoms with van der Waals surface area (Å²) in [5.41, 5.74) is -0.971. The first-order valence-electron chi connectivity index (χ1n) is 8.04. The number of nitrogens with one attached hydrogen (secondary N) is 1. The first-order chi connectivity index (χ1) is 11.8. The Hall–Kier alpha value is -2.02. The van der Waals surface area contributed by atoms with Gasteiger partial charge in [0.15, 0.2) is 0 Å². The average molecular weight is 371 g/mol. The number of hydrogen-bond donors (Lipinski definition) is 1. The number of piperidine rings is 1. The number of benzene rings is 1. The van der Waals surface area contributed by atoms with Crippen LogP contribution in [0.1, 0.15) is 25.3 Å². The molecule has 2 aromatic rings. The third-order valence-corrected chi connectivity index (χ3v) is 4.39. The van der Waals surface area contributed by atoms with Gasteiger partial charge in [-0.05, 0) is 43.0 Å². The van der Waals surface area contributed by atoms with Crippen LogP contribution in [0.15, 0.2) is 30.5 Å². The summed E-state index contributed by atoms with van der Waals surface area (Å²) in [4.78, 5) is 10.6. The fourth-order valence-electron chi connectivity index (χ4n) is 2.96. The van der Waals surface area contributed by atoms with Crippen LogP contribution in [0.5, 0.6) is 0 Å². The minimum Gasteiger partial charge on any atom is -0.356 e. The van der Waals surface area contributed by atoms with E-state index in [0.29, 0.717) is 11.7 Å². The third-order valence-electron chi connectivity index (χ3n) is 4.16. The van der Waals surface area contributed by atoms with Crippen LogP contribution in [-0.2, 0) is 6.18 Å². The Morgan fingerprint density at radius 2 is 2.08 bits per heavy atom. The van der Waals surface area contributed by atoms with Gasteiger partial charge in [0.25, 0.3) is 0 Å². The molecule has 0 amide bonds. The van der Waals surface area contributed by atoms with E-state index in [-0.39, 0.29) is 16.7 Å². The zero-order chi connectivity index (χ0) is 18.0. The molecule has 1 fully saturated rings. The van der Waals surface area contributed by atoms with Crippen molar-refractivity contribution in [1.29, 1.82) is 0 Å². The van der Waals surface area contributed by atoms with Crippen LogP contribution in [0.25, 0.3) is 0 Å². The summed E-state index contributed by atoms with van der Waals surface area (Å²) in [5.74, 6) is 1.41. The molecule has 134 valence electrons. The molecule has 1 N–H and O–H groups in total. The molecule has 2 heterocycles. The number of halogens is 4. The van der Waals surface area contributed by atoms with Gasteiger partial charge in [0.2, 0.25) is 5.95 Å². The molecule has 3 rings (SSSR count). The van der Waals surface area contributed by atoms with Crippen molar-refractivity contribution < 1.29 is 13.2 Å². The van der Waals surface area contributed by atoms with Crippen molar-refractivity contribution in [2.24, 2.45) is 5.92 Å². The zero-order valence-electron chi connectivity index (χ0n) is 13.6. The zero-order valence-corrected chi connectivity index (χ0v) is 14.4. The topological polar surface area (TPSA) is 41.1 Å². The first kappa shape index (κ1) is 17.8. The molecule has 25 heavy (non-hydrogen) atoms. The van der Waals surface area contributed by atoms with Crippen molar-refractivity contribution >= 4 is 29.1 Å². The fraction of sp³-hybridized carbons (Fsp3) is 0.412. The van der Waals surface area contributed by atoms with Crippen LogP contribution in [-0.4, -0.2) is 23.1 Å². The summed E-state index contributed by atoms with van der Waals surface area (Å²) < 4.78 is 39.6. The van der Waals surface area contributed by atoms with Crippen molar-refractivity contribution in [2.75, 3.05) is 23.3 Å². The molecule has 0 radical (unpaired) electrons. The molecular weight excluding hydrogens is 353 g/mol. The minimum absolute atomic E-state index is 0.0230. The second kappa shape index (κ2) is 7.07. The first-order valence-corrected chi connectivity index (χ1v) is 8.42. The number of hydrogen-bond acceptors (Lipinski definition) is 4. The highest BCUT2D eigenvalue weighted by atomic mass is 35.5. The SMILES string of the molecule is CC1CCCN(c2ccnc(Nc3ccc(Cl)cc3C(F)(F)F)n2)C1. The summed E-state index contributed by atoms with van der Waals surface area (Å²) in [6, 6.07) is 5.34. The highest BCUT2D eigenvalue weighted by molar-refractivity contribution is 6.30. The van der Waals surface area contributed by atoms with Gasteiger partial charge in [-0.1, -0.05) is 18.5 Å². The Labute approximate surface area is 149 Å². The van der Waals surface area contributed by atoms with Gasteiger partial charge < -0.3 is 10.2 Å². The smallest absolute Gasteiger partial charge is 0.356 e. The molecule has 1 atom stereocenters. The molecule has 0 saturated carbocycles. The molecule has 1 aromatic heterocycles. The van der Waals surface area contributed by atoms with Crippen molar-refractivity contribution in [3.8, 4) is 0 Å².